The molecule has 4 rings (SSSR count). The van der Waals surface area contributed by atoms with E-state index in [1.54, 1.807) is 11.9 Å². The molecule has 2 fully saturated rings. The van der Waals surface area contributed by atoms with Gasteiger partial charge in [0.1, 0.15) is 11.4 Å². The highest BCUT2D eigenvalue weighted by Crippen LogP contribution is 2.32. The lowest BCUT2D eigenvalue weighted by atomic mass is 9.92. The van der Waals surface area contributed by atoms with Crippen LogP contribution >= 0.6 is 0 Å². The molecule has 2 saturated heterocycles. The van der Waals surface area contributed by atoms with Crippen LogP contribution in [0.1, 0.15) is 35.2 Å². The highest BCUT2D eigenvalue weighted by Gasteiger charge is 2.47. The normalized spacial score (nSPS) is 26.1. The van der Waals surface area contributed by atoms with Crippen molar-refractivity contribution in [2.45, 2.75) is 31.3 Å². The van der Waals surface area contributed by atoms with Crippen LogP contribution in [-0.4, -0.2) is 60.7 Å². The summed E-state index contributed by atoms with van der Waals surface area (Å²) < 4.78 is 11.2. The summed E-state index contributed by atoms with van der Waals surface area (Å²) in [6, 6.07) is 5.68. The Balaban J connectivity index is 1.53. The number of likely N-dealkylation sites (tertiary alicyclic amines) is 1. The van der Waals surface area contributed by atoms with Gasteiger partial charge in [0.15, 0.2) is 0 Å². The first-order chi connectivity index (χ1) is 11.6. The molecule has 3 aliphatic heterocycles. The summed E-state index contributed by atoms with van der Waals surface area (Å²) >= 11 is 0. The molecular formula is C18H22N2O4. The Labute approximate surface area is 141 Å². The number of likely N-dealkylation sites (N-methyl/N-ethyl adjacent to an activating group) is 1. The molecule has 0 bridgehead atoms. The number of aryl methyl sites for hydroxylation is 1. The van der Waals surface area contributed by atoms with E-state index in [9.17, 15) is 9.59 Å². The minimum atomic E-state index is -0.545. The molecule has 6 nitrogen and oxygen atoms in total. The predicted molar refractivity (Wildman–Crippen MR) is 87.2 cm³/mol. The molecule has 2 amide bonds. The third-order valence-electron chi connectivity index (χ3n) is 5.12. The number of benzene rings is 1. The average Bonchev–Trinajstić information content (AvgIpc) is 2.87. The van der Waals surface area contributed by atoms with Crippen molar-refractivity contribution in [1.29, 1.82) is 0 Å². The minimum Gasteiger partial charge on any atom is -0.493 e. The smallest absolute Gasteiger partial charge is 0.410 e. The molecular weight excluding hydrogens is 308 g/mol. The second-order valence-electron chi connectivity index (χ2n) is 7.01. The Kier molecular flexibility index (Phi) is 3.62. The first kappa shape index (κ1) is 15.3. The fourth-order valence-corrected chi connectivity index (χ4v) is 3.95. The van der Waals surface area contributed by atoms with E-state index in [1.165, 1.54) is 0 Å². The van der Waals surface area contributed by atoms with Crippen molar-refractivity contribution in [2.75, 3.05) is 33.3 Å². The second kappa shape index (κ2) is 5.69. The maximum atomic E-state index is 12.9. The number of nitrogens with zero attached hydrogens (tertiary/aromatic N) is 2. The molecule has 1 spiro atoms. The molecule has 1 aromatic carbocycles. The number of amides is 2. The van der Waals surface area contributed by atoms with E-state index in [0.29, 0.717) is 25.2 Å². The molecule has 3 heterocycles. The first-order valence-corrected chi connectivity index (χ1v) is 8.55. The third-order valence-corrected chi connectivity index (χ3v) is 5.12. The third kappa shape index (κ3) is 2.60. The van der Waals surface area contributed by atoms with Gasteiger partial charge in [-0.25, -0.2) is 4.79 Å². The lowest BCUT2D eigenvalue weighted by Gasteiger charge is -2.38. The number of carbonyl (C=O) groups excluding carboxylic acids is 2. The lowest BCUT2D eigenvalue weighted by Crippen LogP contribution is -2.52. The number of ether oxygens (including phenoxy) is 2. The standard InChI is InChI=1S/C18H22N2O4/c1-19-11-18(24-17(19)22)7-3-8-20(12-18)16(21)14-5-6-15-13(10-14)4-2-9-23-15/h5-6,10H,2-4,7-9,11-12H2,1H3/t18-/m1/s1. The van der Waals surface area contributed by atoms with Crippen LogP contribution < -0.4 is 4.74 Å². The SMILES string of the molecule is CN1C[C@@]2(CCCN(C(=O)c3ccc4c(c3)CCCO4)C2)OC1=O. The van der Waals surface area contributed by atoms with Crippen LogP contribution in [0, 0.1) is 0 Å². The Morgan fingerprint density at radius 3 is 2.92 bits per heavy atom. The van der Waals surface area contributed by atoms with Crippen molar-refractivity contribution >= 4 is 12.0 Å². The molecule has 1 atom stereocenters. The van der Waals surface area contributed by atoms with Gasteiger partial charge in [0.25, 0.3) is 5.91 Å². The van der Waals surface area contributed by atoms with E-state index in [1.807, 2.05) is 23.1 Å². The molecule has 0 aromatic heterocycles. The molecule has 0 saturated carbocycles. The zero-order valence-corrected chi connectivity index (χ0v) is 13.9. The van der Waals surface area contributed by atoms with Crippen LogP contribution in [-0.2, 0) is 11.2 Å². The summed E-state index contributed by atoms with van der Waals surface area (Å²) in [4.78, 5) is 28.1. The van der Waals surface area contributed by atoms with E-state index in [2.05, 4.69) is 0 Å². The summed E-state index contributed by atoms with van der Waals surface area (Å²) in [6.45, 7) is 2.46. The van der Waals surface area contributed by atoms with Gasteiger partial charge in [-0.15, -0.1) is 0 Å². The topological polar surface area (TPSA) is 59.1 Å². The van der Waals surface area contributed by atoms with Crippen LogP contribution in [0.5, 0.6) is 5.75 Å². The van der Waals surface area contributed by atoms with Crippen LogP contribution in [0.2, 0.25) is 0 Å². The number of rotatable bonds is 1. The molecule has 0 N–H and O–H groups in total. The van der Waals surface area contributed by atoms with Crippen molar-refractivity contribution in [3.63, 3.8) is 0 Å². The highest BCUT2D eigenvalue weighted by molar-refractivity contribution is 5.94. The zero-order chi connectivity index (χ0) is 16.7. The van der Waals surface area contributed by atoms with Gasteiger partial charge >= 0.3 is 6.09 Å². The summed E-state index contributed by atoms with van der Waals surface area (Å²) in [5.74, 6) is 0.896. The first-order valence-electron chi connectivity index (χ1n) is 8.55. The fourth-order valence-electron chi connectivity index (χ4n) is 3.95. The van der Waals surface area contributed by atoms with Gasteiger partial charge in [-0.2, -0.15) is 0 Å². The van der Waals surface area contributed by atoms with Crippen LogP contribution in [0.15, 0.2) is 18.2 Å². The van der Waals surface area contributed by atoms with Crippen LogP contribution in [0.4, 0.5) is 4.79 Å². The lowest BCUT2D eigenvalue weighted by molar-refractivity contribution is -0.00521. The fraction of sp³-hybridized carbons (Fsp3) is 0.556. The van der Waals surface area contributed by atoms with Crippen molar-refractivity contribution in [1.82, 2.24) is 9.80 Å². The maximum absolute atomic E-state index is 12.9. The number of hydrogen-bond acceptors (Lipinski definition) is 4. The van der Waals surface area contributed by atoms with E-state index in [4.69, 9.17) is 9.47 Å². The number of piperidine rings is 1. The number of fused-ring (bicyclic) bond motifs is 1. The molecule has 0 aliphatic carbocycles. The summed E-state index contributed by atoms with van der Waals surface area (Å²) in [6.07, 6.45) is 3.30. The molecule has 0 unspecified atom stereocenters. The van der Waals surface area contributed by atoms with E-state index in [-0.39, 0.29) is 12.0 Å². The zero-order valence-electron chi connectivity index (χ0n) is 13.9. The Hall–Kier alpha value is -2.24. The Morgan fingerprint density at radius 1 is 1.25 bits per heavy atom. The largest absolute Gasteiger partial charge is 0.493 e. The monoisotopic (exact) mass is 330 g/mol. The summed E-state index contributed by atoms with van der Waals surface area (Å²) in [5, 5.41) is 0. The molecule has 1 aromatic rings. The Bertz CT molecular complexity index is 690. The van der Waals surface area contributed by atoms with Crippen LogP contribution in [0.3, 0.4) is 0 Å². The van der Waals surface area contributed by atoms with Crippen LogP contribution in [0.25, 0.3) is 0 Å². The molecule has 6 heteroatoms. The number of hydrogen-bond donors (Lipinski definition) is 0. The Morgan fingerprint density at radius 2 is 2.12 bits per heavy atom. The van der Waals surface area contributed by atoms with E-state index < -0.39 is 5.60 Å². The van der Waals surface area contributed by atoms with Gasteiger partial charge in [-0.1, -0.05) is 0 Å². The molecule has 0 radical (unpaired) electrons. The van der Waals surface area contributed by atoms with Crippen molar-refractivity contribution in [3.05, 3.63) is 29.3 Å². The van der Waals surface area contributed by atoms with E-state index in [0.717, 1.165) is 43.6 Å². The van der Waals surface area contributed by atoms with E-state index >= 15 is 0 Å². The van der Waals surface area contributed by atoms with Gasteiger partial charge in [-0.3, -0.25) is 4.79 Å². The quantitative estimate of drug-likeness (QED) is 0.791. The highest BCUT2D eigenvalue weighted by atomic mass is 16.6. The van der Waals surface area contributed by atoms with Gasteiger partial charge in [0.05, 0.1) is 19.7 Å². The van der Waals surface area contributed by atoms with Gasteiger partial charge in [0, 0.05) is 19.2 Å². The van der Waals surface area contributed by atoms with Crippen molar-refractivity contribution < 1.29 is 19.1 Å². The van der Waals surface area contributed by atoms with Crippen molar-refractivity contribution in [3.8, 4) is 5.75 Å². The molecule has 128 valence electrons. The average molecular weight is 330 g/mol. The summed E-state index contributed by atoms with van der Waals surface area (Å²) in [7, 11) is 1.74. The number of carbonyl (C=O) groups is 2. The van der Waals surface area contributed by atoms with Gasteiger partial charge in [-0.05, 0) is 49.4 Å². The molecule has 3 aliphatic rings. The second-order valence-corrected chi connectivity index (χ2v) is 7.01. The van der Waals surface area contributed by atoms with Gasteiger partial charge < -0.3 is 19.3 Å². The maximum Gasteiger partial charge on any atom is 0.410 e. The summed E-state index contributed by atoms with van der Waals surface area (Å²) in [5.41, 5.74) is 1.25. The minimum absolute atomic E-state index is 0.00745. The van der Waals surface area contributed by atoms with Crippen molar-refractivity contribution in [2.24, 2.45) is 0 Å². The van der Waals surface area contributed by atoms with Gasteiger partial charge in [0.2, 0.25) is 0 Å². The predicted octanol–water partition coefficient (Wildman–Crippen LogP) is 2.07. The molecule has 24 heavy (non-hydrogen) atoms.